The Morgan fingerprint density at radius 2 is 1.74 bits per heavy atom. The largest absolute Gasteiger partial charge is 0.466 e. The minimum atomic E-state index is -3.98. The summed E-state index contributed by atoms with van der Waals surface area (Å²) in [6.07, 6.45) is -0.332. The molecule has 1 N–H and O–H groups in total. The first-order valence-corrected chi connectivity index (χ1v) is 8.82. The number of carbonyl (C=O) groups is 1. The molecular weight excluding hydrogens is 319 g/mol. The zero-order chi connectivity index (χ0) is 17.5. The number of rotatable bonds is 9. The molecule has 128 valence electrons. The normalized spacial score (nSPS) is 14.1. The summed E-state index contributed by atoms with van der Waals surface area (Å²) in [5.41, 5.74) is 0.286. The highest BCUT2D eigenvalue weighted by atomic mass is 31.2. The average Bonchev–Trinajstić information content (AvgIpc) is 2.55. The first-order valence-electron chi connectivity index (χ1n) is 7.27. The van der Waals surface area contributed by atoms with Gasteiger partial charge in [0, 0.05) is 12.0 Å². The lowest BCUT2D eigenvalue weighted by Gasteiger charge is -2.35. The van der Waals surface area contributed by atoms with Crippen molar-refractivity contribution >= 4 is 13.6 Å². The van der Waals surface area contributed by atoms with Crippen LogP contribution in [0.2, 0.25) is 0 Å². The average molecular weight is 342 g/mol. The minimum Gasteiger partial charge on any atom is -0.466 e. The van der Waals surface area contributed by atoms with E-state index in [9.17, 15) is 14.5 Å². The molecule has 0 fully saturated rings. The molecule has 0 heterocycles. The van der Waals surface area contributed by atoms with Crippen molar-refractivity contribution in [3.05, 3.63) is 48.0 Å². The molecule has 0 bridgehead atoms. The number of esters is 1. The van der Waals surface area contributed by atoms with Gasteiger partial charge in [-0.2, -0.15) is 0 Å². The number of benzene rings is 1. The first-order chi connectivity index (χ1) is 10.8. The van der Waals surface area contributed by atoms with Crippen molar-refractivity contribution in [2.24, 2.45) is 0 Å². The Balaban J connectivity index is 3.38. The topological polar surface area (TPSA) is 82.1 Å². The van der Waals surface area contributed by atoms with Crippen molar-refractivity contribution in [1.82, 2.24) is 0 Å². The Labute approximate surface area is 136 Å². The van der Waals surface area contributed by atoms with Crippen LogP contribution in [-0.2, 0) is 28.5 Å². The molecule has 1 rings (SSSR count). The van der Waals surface area contributed by atoms with Crippen molar-refractivity contribution < 1.29 is 28.3 Å². The summed E-state index contributed by atoms with van der Waals surface area (Å²) in [4.78, 5) is 11.7. The van der Waals surface area contributed by atoms with Gasteiger partial charge in [-0.25, -0.2) is 4.79 Å². The Bertz CT molecular complexity index is 575. The van der Waals surface area contributed by atoms with E-state index in [1.54, 1.807) is 44.2 Å². The van der Waals surface area contributed by atoms with Gasteiger partial charge in [-0.3, -0.25) is 4.57 Å². The number of hydrogen-bond donors (Lipinski definition) is 1. The zero-order valence-electron chi connectivity index (χ0n) is 13.7. The lowest BCUT2D eigenvalue weighted by atomic mass is 10.0. The highest BCUT2D eigenvalue weighted by Gasteiger charge is 2.52. The fourth-order valence-electron chi connectivity index (χ4n) is 2.17. The Kier molecular flexibility index (Phi) is 7.16. The zero-order valence-corrected chi connectivity index (χ0v) is 14.5. The van der Waals surface area contributed by atoms with E-state index in [-0.39, 0.29) is 25.2 Å². The van der Waals surface area contributed by atoms with E-state index in [1.807, 2.05) is 0 Å². The smallest absolute Gasteiger partial charge is 0.366 e. The van der Waals surface area contributed by atoms with Crippen molar-refractivity contribution in [3.63, 3.8) is 0 Å². The number of hydrogen-bond acceptors (Lipinski definition) is 6. The summed E-state index contributed by atoms with van der Waals surface area (Å²) in [6.45, 7) is 7.05. The Hall–Kier alpha value is -1.46. The standard InChI is InChI=1S/C16H23O6P/c1-5-21-23(19,22-6-2)16(18,12-13(3)15(17)20-4)14-10-8-7-9-11-14/h7-11,18H,3,5-6,12H2,1-2,4H3. The number of carbonyl (C=O) groups excluding carboxylic acids is 1. The lowest BCUT2D eigenvalue weighted by molar-refractivity contribution is -0.136. The van der Waals surface area contributed by atoms with Gasteiger partial charge in [0.2, 0.25) is 0 Å². The third kappa shape index (κ3) is 4.30. The SMILES string of the molecule is C=C(CC(O)(c1ccccc1)P(=O)(OCC)OCC)C(=O)OC. The quantitative estimate of drug-likeness (QED) is 0.421. The van der Waals surface area contributed by atoms with Crippen LogP contribution in [0.4, 0.5) is 0 Å². The fraction of sp³-hybridized carbons (Fsp3) is 0.438. The summed E-state index contributed by atoms with van der Waals surface area (Å²) in [6, 6.07) is 8.31. The van der Waals surface area contributed by atoms with Gasteiger partial charge in [0.05, 0.1) is 20.3 Å². The van der Waals surface area contributed by atoms with E-state index in [1.165, 1.54) is 7.11 Å². The van der Waals surface area contributed by atoms with Crippen LogP contribution < -0.4 is 0 Å². The molecular formula is C16H23O6P. The maximum atomic E-state index is 13.2. The van der Waals surface area contributed by atoms with Gasteiger partial charge in [-0.05, 0) is 19.4 Å². The van der Waals surface area contributed by atoms with Gasteiger partial charge < -0.3 is 18.9 Å². The van der Waals surface area contributed by atoms with Crippen LogP contribution in [0.15, 0.2) is 42.5 Å². The molecule has 1 atom stereocenters. The highest BCUT2D eigenvalue weighted by molar-refractivity contribution is 7.54. The van der Waals surface area contributed by atoms with E-state index in [0.29, 0.717) is 5.56 Å². The van der Waals surface area contributed by atoms with Gasteiger partial charge in [-0.1, -0.05) is 36.9 Å². The number of aliphatic hydroxyl groups is 1. The van der Waals surface area contributed by atoms with Crippen molar-refractivity contribution in [2.75, 3.05) is 20.3 Å². The Morgan fingerprint density at radius 1 is 1.22 bits per heavy atom. The van der Waals surface area contributed by atoms with E-state index in [2.05, 4.69) is 11.3 Å². The van der Waals surface area contributed by atoms with Crippen LogP contribution >= 0.6 is 7.60 Å². The molecule has 0 saturated heterocycles. The second-order valence-electron chi connectivity index (χ2n) is 4.79. The molecule has 0 aliphatic carbocycles. The molecule has 1 aromatic rings. The molecule has 0 amide bonds. The van der Waals surface area contributed by atoms with Gasteiger partial charge in [0.1, 0.15) is 0 Å². The molecule has 1 unspecified atom stereocenters. The third-order valence-electron chi connectivity index (χ3n) is 3.22. The molecule has 23 heavy (non-hydrogen) atoms. The monoisotopic (exact) mass is 342 g/mol. The molecule has 0 aliphatic rings. The summed E-state index contributed by atoms with van der Waals surface area (Å²) in [5, 5.41) is 9.16. The second-order valence-corrected chi connectivity index (χ2v) is 7.04. The number of ether oxygens (including phenoxy) is 1. The third-order valence-corrected chi connectivity index (χ3v) is 5.74. The number of methoxy groups -OCH3 is 1. The molecule has 1 aromatic carbocycles. The van der Waals surface area contributed by atoms with Gasteiger partial charge in [0.15, 0.2) is 5.34 Å². The van der Waals surface area contributed by atoms with E-state index in [0.717, 1.165) is 0 Å². The predicted molar refractivity (Wildman–Crippen MR) is 87.0 cm³/mol. The predicted octanol–water partition coefficient (Wildman–Crippen LogP) is 3.22. The van der Waals surface area contributed by atoms with E-state index in [4.69, 9.17) is 9.05 Å². The van der Waals surface area contributed by atoms with Gasteiger partial charge in [0.25, 0.3) is 0 Å². The van der Waals surface area contributed by atoms with Crippen molar-refractivity contribution in [3.8, 4) is 0 Å². The summed E-state index contributed by atoms with van der Waals surface area (Å²) in [7, 11) is -2.77. The fourth-order valence-corrected chi connectivity index (χ4v) is 4.20. The molecule has 6 nitrogen and oxygen atoms in total. The molecule has 0 saturated carbocycles. The maximum absolute atomic E-state index is 13.2. The second kappa shape index (κ2) is 8.41. The highest BCUT2D eigenvalue weighted by Crippen LogP contribution is 2.65. The molecule has 7 heteroatoms. The Morgan fingerprint density at radius 3 is 2.17 bits per heavy atom. The first kappa shape index (κ1) is 19.6. The van der Waals surface area contributed by atoms with Crippen LogP contribution in [0.1, 0.15) is 25.8 Å². The lowest BCUT2D eigenvalue weighted by Crippen LogP contribution is -2.30. The molecule has 0 aromatic heterocycles. The van der Waals surface area contributed by atoms with Crippen LogP contribution in [0.25, 0.3) is 0 Å². The van der Waals surface area contributed by atoms with E-state index >= 15 is 0 Å². The van der Waals surface area contributed by atoms with Crippen LogP contribution in [0.5, 0.6) is 0 Å². The van der Waals surface area contributed by atoms with Crippen LogP contribution in [0, 0.1) is 0 Å². The molecule has 0 aliphatic heterocycles. The summed E-state index contributed by atoms with van der Waals surface area (Å²) < 4.78 is 28.4. The van der Waals surface area contributed by atoms with Crippen LogP contribution in [-0.4, -0.2) is 31.4 Å². The van der Waals surface area contributed by atoms with Crippen molar-refractivity contribution in [2.45, 2.75) is 25.6 Å². The van der Waals surface area contributed by atoms with Crippen LogP contribution in [0.3, 0.4) is 0 Å². The minimum absolute atomic E-state index is 0.0292. The summed E-state index contributed by atoms with van der Waals surface area (Å²) in [5.74, 6) is -0.695. The molecule has 0 radical (unpaired) electrons. The van der Waals surface area contributed by atoms with Gasteiger partial charge in [-0.15, -0.1) is 0 Å². The molecule has 0 spiro atoms. The van der Waals surface area contributed by atoms with Gasteiger partial charge >= 0.3 is 13.6 Å². The van der Waals surface area contributed by atoms with E-state index < -0.39 is 18.9 Å². The maximum Gasteiger partial charge on any atom is 0.366 e. The van der Waals surface area contributed by atoms with Crippen molar-refractivity contribution in [1.29, 1.82) is 0 Å². The summed E-state index contributed by atoms with van der Waals surface area (Å²) >= 11 is 0.